The molecule has 2 rings (SSSR count). The Hall–Kier alpha value is -1.14. The van der Waals surface area contributed by atoms with Gasteiger partial charge in [-0.15, -0.1) is 0 Å². The standard InChI is InChI=1S/C14H17Cl2N3O.CH4O/c1-2-3-6-14(20,8-19-10-17-9-18-19)12-5-4-11(15)7-13(12)16;1-2/h4-5,7,9-10,20H,2-3,6,8H2,1H3;2H,1H3. The Balaban J connectivity index is 0.00000116. The minimum atomic E-state index is -1.08. The number of hydrogen-bond acceptors (Lipinski definition) is 4. The average Bonchev–Trinajstić information content (AvgIpc) is 2.99. The molecule has 0 aliphatic heterocycles. The molecule has 2 N–H and O–H groups in total. The van der Waals surface area contributed by atoms with E-state index in [1.807, 2.05) is 0 Å². The minimum Gasteiger partial charge on any atom is -0.400 e. The Morgan fingerprint density at radius 1 is 1.27 bits per heavy atom. The zero-order valence-electron chi connectivity index (χ0n) is 12.7. The van der Waals surface area contributed by atoms with Crippen LogP contribution >= 0.6 is 23.2 Å². The second kappa shape index (κ2) is 9.10. The first kappa shape index (κ1) is 18.9. The molecule has 0 aliphatic rings. The monoisotopic (exact) mass is 345 g/mol. The number of rotatable bonds is 6. The Kier molecular flexibility index (Phi) is 7.82. The van der Waals surface area contributed by atoms with Gasteiger partial charge in [-0.25, -0.2) is 9.67 Å². The number of nitrogens with zero attached hydrogens (tertiary/aromatic N) is 3. The average molecular weight is 346 g/mol. The molecule has 1 unspecified atom stereocenters. The van der Waals surface area contributed by atoms with Crippen molar-refractivity contribution in [3.05, 3.63) is 46.5 Å². The van der Waals surface area contributed by atoms with Crippen molar-refractivity contribution >= 4 is 23.2 Å². The van der Waals surface area contributed by atoms with E-state index in [1.165, 1.54) is 6.33 Å². The van der Waals surface area contributed by atoms with Gasteiger partial charge in [-0.05, 0) is 18.6 Å². The Morgan fingerprint density at radius 2 is 2.00 bits per heavy atom. The zero-order valence-corrected chi connectivity index (χ0v) is 14.2. The fourth-order valence-electron chi connectivity index (χ4n) is 2.22. The highest BCUT2D eigenvalue weighted by molar-refractivity contribution is 6.35. The first-order chi connectivity index (χ1) is 10.5. The van der Waals surface area contributed by atoms with Crippen LogP contribution in [0.3, 0.4) is 0 Å². The Labute approximate surface area is 140 Å². The second-order valence-electron chi connectivity index (χ2n) is 4.85. The Bertz CT molecular complexity index is 564. The van der Waals surface area contributed by atoms with Crippen LogP contribution in [0.15, 0.2) is 30.9 Å². The van der Waals surface area contributed by atoms with E-state index in [2.05, 4.69) is 17.0 Å². The van der Waals surface area contributed by atoms with Crippen LogP contribution in [0, 0.1) is 0 Å². The molecule has 122 valence electrons. The first-order valence-corrected chi connectivity index (χ1v) is 7.76. The van der Waals surface area contributed by atoms with Gasteiger partial charge in [0.05, 0.1) is 6.54 Å². The molecule has 22 heavy (non-hydrogen) atoms. The van der Waals surface area contributed by atoms with Crippen molar-refractivity contribution in [3.63, 3.8) is 0 Å². The van der Waals surface area contributed by atoms with Crippen LogP contribution in [0.2, 0.25) is 10.0 Å². The van der Waals surface area contributed by atoms with Crippen molar-refractivity contribution < 1.29 is 10.2 Å². The number of unbranched alkanes of at least 4 members (excludes halogenated alkanes) is 1. The van der Waals surface area contributed by atoms with Crippen LogP contribution < -0.4 is 0 Å². The van der Waals surface area contributed by atoms with E-state index in [-0.39, 0.29) is 0 Å². The highest BCUT2D eigenvalue weighted by atomic mass is 35.5. The zero-order chi connectivity index (χ0) is 16.6. The van der Waals surface area contributed by atoms with Gasteiger partial charge in [0.15, 0.2) is 0 Å². The van der Waals surface area contributed by atoms with Gasteiger partial charge in [-0.2, -0.15) is 5.10 Å². The number of aromatic nitrogens is 3. The number of aliphatic hydroxyl groups excluding tert-OH is 1. The lowest BCUT2D eigenvalue weighted by molar-refractivity contribution is 0.00429. The van der Waals surface area contributed by atoms with E-state index >= 15 is 0 Å². The molecule has 5 nitrogen and oxygen atoms in total. The third kappa shape index (κ3) is 4.95. The molecule has 0 saturated heterocycles. The summed E-state index contributed by atoms with van der Waals surface area (Å²) < 4.78 is 1.61. The maximum Gasteiger partial charge on any atom is 0.137 e. The molecule has 0 radical (unpaired) electrons. The molecular weight excluding hydrogens is 325 g/mol. The lowest BCUT2D eigenvalue weighted by atomic mass is 9.88. The molecule has 1 aromatic carbocycles. The number of benzene rings is 1. The van der Waals surface area contributed by atoms with E-state index in [1.54, 1.807) is 29.2 Å². The molecule has 0 saturated carbocycles. The van der Waals surface area contributed by atoms with E-state index in [0.717, 1.165) is 20.0 Å². The van der Waals surface area contributed by atoms with Crippen molar-refractivity contribution in [1.82, 2.24) is 14.8 Å². The highest BCUT2D eigenvalue weighted by Gasteiger charge is 2.31. The molecular formula is C15H21Cl2N3O2. The normalized spacial score (nSPS) is 13.2. The van der Waals surface area contributed by atoms with Crippen LogP contribution in [0.25, 0.3) is 0 Å². The SMILES string of the molecule is CCCCC(O)(Cn1cncn1)c1ccc(Cl)cc1Cl.CO. The van der Waals surface area contributed by atoms with Crippen LogP contribution in [0.1, 0.15) is 31.7 Å². The molecule has 0 aliphatic carbocycles. The predicted molar refractivity (Wildman–Crippen MR) is 88.0 cm³/mol. The first-order valence-electron chi connectivity index (χ1n) is 7.00. The largest absolute Gasteiger partial charge is 0.400 e. The molecule has 1 heterocycles. The molecule has 0 amide bonds. The molecule has 2 aromatic rings. The number of halogens is 2. The summed E-state index contributed by atoms with van der Waals surface area (Å²) in [5.41, 5.74) is -0.404. The van der Waals surface area contributed by atoms with Crippen molar-refractivity contribution in [2.75, 3.05) is 7.11 Å². The summed E-state index contributed by atoms with van der Waals surface area (Å²) >= 11 is 12.2. The number of aliphatic hydroxyl groups is 2. The Morgan fingerprint density at radius 3 is 2.55 bits per heavy atom. The van der Waals surface area contributed by atoms with Crippen LogP contribution in [-0.4, -0.2) is 32.1 Å². The van der Waals surface area contributed by atoms with Gasteiger partial charge in [-0.3, -0.25) is 0 Å². The molecule has 1 aromatic heterocycles. The lowest BCUT2D eigenvalue weighted by Crippen LogP contribution is -2.32. The van der Waals surface area contributed by atoms with Gasteiger partial charge in [0.2, 0.25) is 0 Å². The van der Waals surface area contributed by atoms with Gasteiger partial charge < -0.3 is 10.2 Å². The van der Waals surface area contributed by atoms with Gasteiger partial charge in [0.25, 0.3) is 0 Å². The maximum absolute atomic E-state index is 11.0. The molecule has 1 atom stereocenters. The maximum atomic E-state index is 11.0. The lowest BCUT2D eigenvalue weighted by Gasteiger charge is -2.29. The summed E-state index contributed by atoms with van der Waals surface area (Å²) in [5.74, 6) is 0. The van der Waals surface area contributed by atoms with E-state index in [9.17, 15) is 5.11 Å². The fraction of sp³-hybridized carbons (Fsp3) is 0.467. The van der Waals surface area contributed by atoms with Crippen molar-refractivity contribution in [2.45, 2.75) is 38.3 Å². The van der Waals surface area contributed by atoms with Crippen molar-refractivity contribution in [2.24, 2.45) is 0 Å². The summed E-state index contributed by atoms with van der Waals surface area (Å²) in [5, 5.41) is 23.1. The fourth-order valence-corrected chi connectivity index (χ4v) is 2.80. The van der Waals surface area contributed by atoms with Crippen molar-refractivity contribution in [1.29, 1.82) is 0 Å². The van der Waals surface area contributed by atoms with Crippen LogP contribution in [0.4, 0.5) is 0 Å². The second-order valence-corrected chi connectivity index (χ2v) is 5.70. The summed E-state index contributed by atoms with van der Waals surface area (Å²) in [6, 6.07) is 5.16. The molecule has 0 bridgehead atoms. The van der Waals surface area contributed by atoms with Gasteiger partial charge in [0, 0.05) is 22.7 Å². The van der Waals surface area contributed by atoms with Gasteiger partial charge in [-0.1, -0.05) is 49.0 Å². The van der Waals surface area contributed by atoms with E-state index in [4.69, 9.17) is 28.3 Å². The van der Waals surface area contributed by atoms with Gasteiger partial charge >= 0.3 is 0 Å². The van der Waals surface area contributed by atoms with E-state index < -0.39 is 5.60 Å². The molecule has 7 heteroatoms. The third-order valence-corrected chi connectivity index (χ3v) is 3.81. The predicted octanol–water partition coefficient (Wildman–Crippen LogP) is 3.27. The van der Waals surface area contributed by atoms with Crippen LogP contribution in [-0.2, 0) is 12.1 Å². The third-order valence-electron chi connectivity index (χ3n) is 3.27. The minimum absolute atomic E-state index is 0.314. The summed E-state index contributed by atoms with van der Waals surface area (Å²) in [6.45, 7) is 2.40. The summed E-state index contributed by atoms with van der Waals surface area (Å²) in [4.78, 5) is 3.90. The quantitative estimate of drug-likeness (QED) is 0.842. The molecule has 0 spiro atoms. The highest BCUT2D eigenvalue weighted by Crippen LogP contribution is 2.35. The van der Waals surface area contributed by atoms with Crippen molar-refractivity contribution in [3.8, 4) is 0 Å². The smallest absolute Gasteiger partial charge is 0.137 e. The van der Waals surface area contributed by atoms with Gasteiger partial charge in [0.1, 0.15) is 18.3 Å². The topological polar surface area (TPSA) is 71.2 Å². The summed E-state index contributed by atoms with van der Waals surface area (Å²) in [6.07, 6.45) is 5.52. The number of hydrogen-bond donors (Lipinski definition) is 2. The van der Waals surface area contributed by atoms with E-state index in [0.29, 0.717) is 28.6 Å². The molecule has 0 fully saturated rings. The van der Waals surface area contributed by atoms with Crippen LogP contribution in [0.5, 0.6) is 0 Å². The summed E-state index contributed by atoms with van der Waals surface area (Å²) in [7, 11) is 1.00.